The van der Waals surface area contributed by atoms with Crippen LogP contribution in [0.4, 0.5) is 11.5 Å². The first-order chi connectivity index (χ1) is 7.34. The third-order valence-electron chi connectivity index (χ3n) is 2.12. The number of anilines is 2. The van der Waals surface area contributed by atoms with E-state index in [0.29, 0.717) is 11.5 Å². The summed E-state index contributed by atoms with van der Waals surface area (Å²) >= 11 is 0. The number of nitrogen functional groups attached to an aromatic ring is 1. The van der Waals surface area contributed by atoms with Gasteiger partial charge in [0.2, 0.25) is 0 Å². The van der Waals surface area contributed by atoms with Crippen molar-refractivity contribution in [2.75, 3.05) is 24.2 Å². The smallest absolute Gasteiger partial charge is 0.152 e. The first-order valence-electron chi connectivity index (χ1n) is 5.25. The number of aliphatic hydroxyl groups excluding tert-OH is 1. The lowest BCUT2D eigenvalue weighted by Gasteiger charge is -2.06. The Labute approximate surface area is 89.7 Å². The second kappa shape index (κ2) is 7.00. The number of hydrogen-bond donors (Lipinski definition) is 3. The predicted molar refractivity (Wildman–Crippen MR) is 60.5 cm³/mol. The Morgan fingerprint density at radius 3 is 2.80 bits per heavy atom. The second-order valence-corrected chi connectivity index (χ2v) is 3.39. The standard InChI is InChI=1S/C10H18N4O/c11-9-7-12-8-14-10(9)13-5-3-1-2-4-6-15/h7-8,15H,1-6,11H2,(H,12,13,14). The number of rotatable bonds is 7. The summed E-state index contributed by atoms with van der Waals surface area (Å²) in [6, 6.07) is 0. The highest BCUT2D eigenvalue weighted by Gasteiger charge is 1.97. The summed E-state index contributed by atoms with van der Waals surface area (Å²) in [5.41, 5.74) is 6.24. The molecule has 15 heavy (non-hydrogen) atoms. The highest BCUT2D eigenvalue weighted by Crippen LogP contribution is 2.11. The van der Waals surface area contributed by atoms with Crippen molar-refractivity contribution in [1.82, 2.24) is 9.97 Å². The molecule has 4 N–H and O–H groups in total. The Morgan fingerprint density at radius 2 is 2.07 bits per heavy atom. The Hall–Kier alpha value is -1.36. The van der Waals surface area contributed by atoms with Gasteiger partial charge in [0, 0.05) is 13.2 Å². The Kier molecular flexibility index (Phi) is 5.47. The molecule has 5 heteroatoms. The summed E-state index contributed by atoms with van der Waals surface area (Å²) in [4.78, 5) is 7.83. The van der Waals surface area contributed by atoms with Crippen LogP contribution < -0.4 is 11.1 Å². The number of nitrogens with one attached hydrogen (secondary N) is 1. The average Bonchev–Trinajstić information content (AvgIpc) is 2.25. The molecule has 0 aliphatic carbocycles. The van der Waals surface area contributed by atoms with Crippen molar-refractivity contribution in [2.45, 2.75) is 25.7 Å². The average molecular weight is 210 g/mol. The fourth-order valence-corrected chi connectivity index (χ4v) is 1.29. The van der Waals surface area contributed by atoms with Crippen LogP contribution in [0.2, 0.25) is 0 Å². The van der Waals surface area contributed by atoms with E-state index in [2.05, 4.69) is 15.3 Å². The van der Waals surface area contributed by atoms with Gasteiger partial charge in [-0.05, 0) is 12.8 Å². The molecule has 0 spiro atoms. The van der Waals surface area contributed by atoms with Crippen LogP contribution in [-0.4, -0.2) is 28.2 Å². The number of nitrogens with two attached hydrogens (primary N) is 1. The minimum Gasteiger partial charge on any atom is -0.396 e. The lowest BCUT2D eigenvalue weighted by Crippen LogP contribution is -2.06. The Bertz CT molecular complexity index is 280. The van der Waals surface area contributed by atoms with Crippen molar-refractivity contribution in [3.8, 4) is 0 Å². The molecule has 0 radical (unpaired) electrons. The van der Waals surface area contributed by atoms with E-state index in [9.17, 15) is 0 Å². The van der Waals surface area contributed by atoms with Crippen LogP contribution in [0, 0.1) is 0 Å². The van der Waals surface area contributed by atoms with Crippen LogP contribution in [0.5, 0.6) is 0 Å². The number of hydrogen-bond acceptors (Lipinski definition) is 5. The fourth-order valence-electron chi connectivity index (χ4n) is 1.29. The molecule has 0 bridgehead atoms. The summed E-state index contributed by atoms with van der Waals surface area (Å²) in [7, 11) is 0. The molecule has 5 nitrogen and oxygen atoms in total. The first-order valence-corrected chi connectivity index (χ1v) is 5.25. The highest BCUT2D eigenvalue weighted by atomic mass is 16.2. The van der Waals surface area contributed by atoms with E-state index in [1.54, 1.807) is 6.20 Å². The van der Waals surface area contributed by atoms with Gasteiger partial charge < -0.3 is 16.2 Å². The predicted octanol–water partition coefficient (Wildman–Crippen LogP) is 1.02. The summed E-state index contributed by atoms with van der Waals surface area (Å²) in [6.07, 6.45) is 7.18. The van der Waals surface area contributed by atoms with Gasteiger partial charge >= 0.3 is 0 Å². The van der Waals surface area contributed by atoms with E-state index in [1.807, 2.05) is 0 Å². The van der Waals surface area contributed by atoms with Crippen LogP contribution in [0.15, 0.2) is 12.5 Å². The molecule has 0 fully saturated rings. The molecular weight excluding hydrogens is 192 g/mol. The molecule has 0 saturated heterocycles. The highest BCUT2D eigenvalue weighted by molar-refractivity contribution is 5.58. The van der Waals surface area contributed by atoms with E-state index in [1.165, 1.54) is 6.33 Å². The normalized spacial score (nSPS) is 10.2. The zero-order valence-corrected chi connectivity index (χ0v) is 8.82. The molecule has 0 aliphatic rings. The quantitative estimate of drug-likeness (QED) is 0.585. The maximum atomic E-state index is 8.59. The zero-order chi connectivity index (χ0) is 10.9. The van der Waals surface area contributed by atoms with Crippen LogP contribution in [-0.2, 0) is 0 Å². The second-order valence-electron chi connectivity index (χ2n) is 3.39. The summed E-state index contributed by atoms with van der Waals surface area (Å²) < 4.78 is 0. The van der Waals surface area contributed by atoms with Gasteiger partial charge in [0.1, 0.15) is 6.33 Å². The largest absolute Gasteiger partial charge is 0.396 e. The van der Waals surface area contributed by atoms with Crippen molar-refractivity contribution in [2.24, 2.45) is 0 Å². The van der Waals surface area contributed by atoms with Gasteiger partial charge in [-0.2, -0.15) is 0 Å². The number of aliphatic hydroxyl groups is 1. The lowest BCUT2D eigenvalue weighted by molar-refractivity contribution is 0.283. The topological polar surface area (TPSA) is 84.1 Å². The molecule has 0 aromatic carbocycles. The van der Waals surface area contributed by atoms with E-state index in [0.717, 1.165) is 32.2 Å². The number of aromatic nitrogens is 2. The summed E-state index contributed by atoms with van der Waals surface area (Å²) in [5, 5.41) is 11.7. The van der Waals surface area contributed by atoms with Gasteiger partial charge in [-0.3, -0.25) is 0 Å². The molecule has 1 aromatic heterocycles. The minimum absolute atomic E-state index is 0.284. The van der Waals surface area contributed by atoms with Gasteiger partial charge in [-0.1, -0.05) is 12.8 Å². The molecule has 0 saturated carbocycles. The van der Waals surface area contributed by atoms with Gasteiger partial charge in [-0.25, -0.2) is 9.97 Å². The van der Waals surface area contributed by atoms with Crippen molar-refractivity contribution in [3.63, 3.8) is 0 Å². The maximum Gasteiger partial charge on any atom is 0.152 e. The lowest BCUT2D eigenvalue weighted by atomic mass is 10.2. The van der Waals surface area contributed by atoms with Crippen molar-refractivity contribution in [1.29, 1.82) is 0 Å². The van der Waals surface area contributed by atoms with Crippen molar-refractivity contribution >= 4 is 11.5 Å². The van der Waals surface area contributed by atoms with E-state index < -0.39 is 0 Å². The molecule has 0 atom stereocenters. The molecule has 1 aromatic rings. The van der Waals surface area contributed by atoms with E-state index in [-0.39, 0.29) is 6.61 Å². The molecule has 84 valence electrons. The van der Waals surface area contributed by atoms with E-state index in [4.69, 9.17) is 10.8 Å². The maximum absolute atomic E-state index is 8.59. The molecule has 0 aliphatic heterocycles. The minimum atomic E-state index is 0.284. The fraction of sp³-hybridized carbons (Fsp3) is 0.600. The van der Waals surface area contributed by atoms with Crippen LogP contribution in [0.3, 0.4) is 0 Å². The zero-order valence-electron chi connectivity index (χ0n) is 8.82. The molecule has 1 heterocycles. The molecule has 0 unspecified atom stereocenters. The molecule has 1 rings (SSSR count). The van der Waals surface area contributed by atoms with Gasteiger partial charge in [0.05, 0.1) is 11.9 Å². The third-order valence-corrected chi connectivity index (χ3v) is 2.12. The number of unbranched alkanes of at least 4 members (excludes halogenated alkanes) is 3. The third kappa shape index (κ3) is 4.60. The summed E-state index contributed by atoms with van der Waals surface area (Å²) in [5.74, 6) is 0.701. The molecule has 0 amide bonds. The monoisotopic (exact) mass is 210 g/mol. The van der Waals surface area contributed by atoms with Gasteiger partial charge in [0.25, 0.3) is 0 Å². The molecular formula is C10H18N4O. The van der Waals surface area contributed by atoms with Crippen LogP contribution in [0.25, 0.3) is 0 Å². The Balaban J connectivity index is 2.12. The van der Waals surface area contributed by atoms with Crippen molar-refractivity contribution < 1.29 is 5.11 Å². The first kappa shape index (κ1) is 11.7. The van der Waals surface area contributed by atoms with Gasteiger partial charge in [-0.15, -0.1) is 0 Å². The van der Waals surface area contributed by atoms with Gasteiger partial charge in [0.15, 0.2) is 5.82 Å². The van der Waals surface area contributed by atoms with E-state index >= 15 is 0 Å². The number of nitrogens with zero attached hydrogens (tertiary/aromatic N) is 2. The SMILES string of the molecule is Nc1cncnc1NCCCCCCO. The van der Waals surface area contributed by atoms with Crippen LogP contribution >= 0.6 is 0 Å². The summed E-state index contributed by atoms with van der Waals surface area (Å²) in [6.45, 7) is 1.14. The Morgan fingerprint density at radius 1 is 1.27 bits per heavy atom. The van der Waals surface area contributed by atoms with Crippen LogP contribution in [0.1, 0.15) is 25.7 Å². The van der Waals surface area contributed by atoms with Crippen molar-refractivity contribution in [3.05, 3.63) is 12.5 Å².